The normalized spacial score (nSPS) is 17.4. The van der Waals surface area contributed by atoms with E-state index in [1.807, 2.05) is 31.2 Å². The number of aryl methyl sites for hydroxylation is 1. The zero-order chi connectivity index (χ0) is 20.5. The van der Waals surface area contributed by atoms with E-state index in [1.165, 1.54) is 35.1 Å². The minimum Gasteiger partial charge on any atom is -0.462 e. The van der Waals surface area contributed by atoms with Crippen LogP contribution in [0.25, 0.3) is 12.2 Å². The van der Waals surface area contributed by atoms with E-state index in [4.69, 9.17) is 4.74 Å². The topological polar surface area (TPSA) is 26.3 Å². The highest BCUT2D eigenvalue weighted by Crippen LogP contribution is 2.46. The minimum atomic E-state index is -0.270. The van der Waals surface area contributed by atoms with Crippen LogP contribution >= 0.6 is 0 Å². The summed E-state index contributed by atoms with van der Waals surface area (Å²) in [5.41, 5.74) is 7.66. The molecule has 0 amide bonds. The first-order valence-corrected chi connectivity index (χ1v) is 10.2. The van der Waals surface area contributed by atoms with Gasteiger partial charge in [0.2, 0.25) is 0 Å². The molecule has 0 fully saturated rings. The monoisotopic (exact) mass is 376 g/mol. The molecule has 1 aliphatic rings. The van der Waals surface area contributed by atoms with Crippen molar-refractivity contribution in [2.24, 2.45) is 0 Å². The molecule has 2 heteroatoms. The summed E-state index contributed by atoms with van der Waals surface area (Å²) in [5.74, 6) is -0.270. The minimum absolute atomic E-state index is 0.211. The molecule has 0 heterocycles. The highest BCUT2D eigenvalue weighted by atomic mass is 16.5. The fourth-order valence-corrected chi connectivity index (χ4v) is 4.05. The summed E-state index contributed by atoms with van der Waals surface area (Å²) >= 11 is 0. The Balaban J connectivity index is 1.90. The van der Waals surface area contributed by atoms with Crippen LogP contribution < -0.4 is 0 Å². The van der Waals surface area contributed by atoms with Crippen LogP contribution in [0.15, 0.2) is 36.4 Å². The molecule has 0 atom stereocenters. The van der Waals surface area contributed by atoms with Crippen molar-refractivity contribution >= 4 is 18.1 Å². The number of fused-ring (bicyclic) bond motifs is 1. The standard InChI is InChI=1S/C26H32O2/c1-7-28-24(27)20-11-8-19(9-12-20)10-13-21-17-23-22(16-18(21)2)25(3,4)14-15-26(23,5)6/h8-13,16-17H,7,14-15H2,1-6H3/b13-10+. The summed E-state index contributed by atoms with van der Waals surface area (Å²) in [6.07, 6.45) is 6.75. The van der Waals surface area contributed by atoms with Crippen LogP contribution in [0, 0.1) is 6.92 Å². The SMILES string of the molecule is CCOC(=O)c1ccc(/C=C/c2cc3c(cc2C)C(C)(C)CCC3(C)C)cc1. The van der Waals surface area contributed by atoms with Gasteiger partial charge in [-0.3, -0.25) is 0 Å². The lowest BCUT2D eigenvalue weighted by Crippen LogP contribution is -2.34. The van der Waals surface area contributed by atoms with Gasteiger partial charge in [-0.2, -0.15) is 0 Å². The van der Waals surface area contributed by atoms with Crippen LogP contribution in [0.4, 0.5) is 0 Å². The summed E-state index contributed by atoms with van der Waals surface area (Å²) in [5, 5.41) is 0. The van der Waals surface area contributed by atoms with Gasteiger partial charge in [0.05, 0.1) is 12.2 Å². The van der Waals surface area contributed by atoms with Gasteiger partial charge in [0.25, 0.3) is 0 Å². The Hall–Kier alpha value is -2.35. The zero-order valence-corrected chi connectivity index (χ0v) is 18.1. The Labute approximate surface area is 169 Å². The van der Waals surface area contributed by atoms with Crippen LogP contribution in [-0.2, 0) is 15.6 Å². The fraction of sp³-hybridized carbons (Fsp3) is 0.423. The van der Waals surface area contributed by atoms with E-state index in [9.17, 15) is 4.79 Å². The van der Waals surface area contributed by atoms with Crippen LogP contribution in [0.2, 0.25) is 0 Å². The molecule has 0 aromatic heterocycles. The van der Waals surface area contributed by atoms with Gasteiger partial charge in [-0.05, 0) is 77.5 Å². The summed E-state index contributed by atoms with van der Waals surface area (Å²) in [6, 6.07) is 12.3. The van der Waals surface area contributed by atoms with Crippen molar-refractivity contribution in [3.8, 4) is 0 Å². The van der Waals surface area contributed by atoms with Gasteiger partial charge in [0.1, 0.15) is 0 Å². The maximum absolute atomic E-state index is 11.8. The Morgan fingerprint density at radius 1 is 0.964 bits per heavy atom. The molecule has 2 aromatic rings. The number of esters is 1. The van der Waals surface area contributed by atoms with Gasteiger partial charge < -0.3 is 4.74 Å². The fourth-order valence-electron chi connectivity index (χ4n) is 4.05. The van der Waals surface area contributed by atoms with Gasteiger partial charge >= 0.3 is 5.97 Å². The van der Waals surface area contributed by atoms with E-state index in [2.05, 4.69) is 58.9 Å². The second kappa shape index (κ2) is 7.58. The largest absolute Gasteiger partial charge is 0.462 e. The van der Waals surface area contributed by atoms with Crippen LogP contribution in [0.5, 0.6) is 0 Å². The number of hydrogen-bond donors (Lipinski definition) is 0. The van der Waals surface area contributed by atoms with Crippen molar-refractivity contribution in [2.45, 2.75) is 65.2 Å². The van der Waals surface area contributed by atoms with Gasteiger partial charge in [0, 0.05) is 0 Å². The van der Waals surface area contributed by atoms with Crippen molar-refractivity contribution in [3.63, 3.8) is 0 Å². The van der Waals surface area contributed by atoms with Crippen molar-refractivity contribution < 1.29 is 9.53 Å². The van der Waals surface area contributed by atoms with Gasteiger partial charge in [-0.1, -0.05) is 64.1 Å². The van der Waals surface area contributed by atoms with E-state index in [0.29, 0.717) is 12.2 Å². The number of benzene rings is 2. The molecule has 0 aliphatic heterocycles. The average Bonchev–Trinajstić information content (AvgIpc) is 2.65. The van der Waals surface area contributed by atoms with E-state index in [0.717, 1.165) is 5.56 Å². The first-order chi connectivity index (χ1) is 13.1. The second-order valence-corrected chi connectivity index (χ2v) is 9.20. The maximum atomic E-state index is 11.8. The predicted octanol–water partition coefficient (Wildman–Crippen LogP) is 6.69. The van der Waals surface area contributed by atoms with Crippen molar-refractivity contribution in [1.29, 1.82) is 0 Å². The lowest BCUT2D eigenvalue weighted by Gasteiger charge is -2.42. The molecule has 3 rings (SSSR count). The number of ether oxygens (including phenoxy) is 1. The van der Waals surface area contributed by atoms with E-state index in [-0.39, 0.29) is 16.8 Å². The Kier molecular flexibility index (Phi) is 5.52. The zero-order valence-electron chi connectivity index (χ0n) is 18.1. The number of rotatable bonds is 4. The Bertz CT molecular complexity index is 899. The van der Waals surface area contributed by atoms with Gasteiger partial charge in [-0.15, -0.1) is 0 Å². The Morgan fingerprint density at radius 3 is 2.11 bits per heavy atom. The van der Waals surface area contributed by atoms with Gasteiger partial charge in [0.15, 0.2) is 0 Å². The smallest absolute Gasteiger partial charge is 0.338 e. The van der Waals surface area contributed by atoms with E-state index in [1.54, 1.807) is 0 Å². The molecule has 1 aliphatic carbocycles. The van der Waals surface area contributed by atoms with E-state index >= 15 is 0 Å². The molecular weight excluding hydrogens is 344 g/mol. The third-order valence-corrected chi connectivity index (χ3v) is 6.12. The summed E-state index contributed by atoms with van der Waals surface area (Å²) in [7, 11) is 0. The average molecular weight is 377 g/mol. The van der Waals surface area contributed by atoms with E-state index < -0.39 is 0 Å². The lowest BCUT2D eigenvalue weighted by molar-refractivity contribution is 0.0526. The summed E-state index contributed by atoms with van der Waals surface area (Å²) in [4.78, 5) is 11.8. The van der Waals surface area contributed by atoms with Crippen LogP contribution in [0.3, 0.4) is 0 Å². The number of carbonyl (C=O) groups excluding carboxylic acids is 1. The molecule has 0 unspecified atom stereocenters. The van der Waals surface area contributed by atoms with Crippen molar-refractivity contribution in [2.75, 3.05) is 6.61 Å². The molecule has 0 saturated carbocycles. The third-order valence-electron chi connectivity index (χ3n) is 6.12. The molecule has 0 radical (unpaired) electrons. The quantitative estimate of drug-likeness (QED) is 0.439. The molecule has 0 N–H and O–H groups in total. The Morgan fingerprint density at radius 2 is 1.54 bits per heavy atom. The lowest BCUT2D eigenvalue weighted by atomic mass is 9.62. The maximum Gasteiger partial charge on any atom is 0.338 e. The first-order valence-electron chi connectivity index (χ1n) is 10.2. The summed E-state index contributed by atoms with van der Waals surface area (Å²) < 4.78 is 5.04. The van der Waals surface area contributed by atoms with Crippen molar-refractivity contribution in [1.82, 2.24) is 0 Å². The molecular formula is C26H32O2. The molecule has 148 valence electrons. The molecule has 2 aromatic carbocycles. The molecule has 0 spiro atoms. The predicted molar refractivity (Wildman–Crippen MR) is 118 cm³/mol. The van der Waals surface area contributed by atoms with Crippen LogP contribution in [0.1, 0.15) is 85.6 Å². The second-order valence-electron chi connectivity index (χ2n) is 9.20. The number of hydrogen-bond acceptors (Lipinski definition) is 2. The van der Waals surface area contributed by atoms with Gasteiger partial charge in [-0.25, -0.2) is 4.79 Å². The molecule has 28 heavy (non-hydrogen) atoms. The highest BCUT2D eigenvalue weighted by molar-refractivity contribution is 5.89. The molecule has 2 nitrogen and oxygen atoms in total. The number of carbonyl (C=O) groups is 1. The van der Waals surface area contributed by atoms with Crippen molar-refractivity contribution in [3.05, 3.63) is 69.8 Å². The highest BCUT2D eigenvalue weighted by Gasteiger charge is 2.37. The molecule has 0 saturated heterocycles. The van der Waals surface area contributed by atoms with Crippen LogP contribution in [-0.4, -0.2) is 12.6 Å². The molecule has 0 bridgehead atoms. The third kappa shape index (κ3) is 4.06. The summed E-state index contributed by atoms with van der Waals surface area (Å²) in [6.45, 7) is 13.9. The first kappa shape index (κ1) is 20.4.